The number of nitro groups is 1. The van der Waals surface area contributed by atoms with Gasteiger partial charge in [0.15, 0.2) is 5.75 Å². The number of fused-ring (bicyclic) bond motifs is 2. The molecule has 0 saturated heterocycles. The van der Waals surface area contributed by atoms with Gasteiger partial charge in [-0.25, -0.2) is 9.97 Å². The van der Waals surface area contributed by atoms with E-state index in [1.165, 1.54) is 18.5 Å². The first kappa shape index (κ1) is 19.4. The molecular formula is C24H17N5O3. The Kier molecular flexibility index (Phi) is 4.79. The van der Waals surface area contributed by atoms with Crippen LogP contribution < -0.4 is 10.1 Å². The Hall–Kier alpha value is -4.59. The molecule has 32 heavy (non-hydrogen) atoms. The van der Waals surface area contributed by atoms with Crippen LogP contribution in [0.2, 0.25) is 0 Å². The molecule has 0 spiro atoms. The molecule has 0 bridgehead atoms. The van der Waals surface area contributed by atoms with Gasteiger partial charge in [0.2, 0.25) is 0 Å². The van der Waals surface area contributed by atoms with Gasteiger partial charge in [-0.05, 0) is 48.9 Å². The number of nitrogens with zero attached hydrogens (tertiary/aromatic N) is 4. The smallest absolute Gasteiger partial charge is 0.270 e. The van der Waals surface area contributed by atoms with E-state index in [1.54, 1.807) is 12.3 Å². The third-order valence-corrected chi connectivity index (χ3v) is 5.08. The molecule has 1 N–H and O–H groups in total. The Morgan fingerprint density at radius 2 is 1.81 bits per heavy atom. The molecule has 0 aliphatic rings. The largest absolute Gasteiger partial charge is 0.455 e. The topological polar surface area (TPSA) is 103 Å². The summed E-state index contributed by atoms with van der Waals surface area (Å²) in [5.41, 5.74) is 3.09. The van der Waals surface area contributed by atoms with E-state index in [4.69, 9.17) is 4.74 Å². The summed E-state index contributed by atoms with van der Waals surface area (Å²) in [4.78, 5) is 23.6. The fourth-order valence-corrected chi connectivity index (χ4v) is 3.51. The number of aromatic nitrogens is 3. The summed E-state index contributed by atoms with van der Waals surface area (Å²) < 4.78 is 6.15. The lowest BCUT2D eigenvalue weighted by molar-refractivity contribution is -0.384. The molecular weight excluding hydrogens is 406 g/mol. The van der Waals surface area contributed by atoms with Gasteiger partial charge in [-0.3, -0.25) is 15.1 Å². The summed E-state index contributed by atoms with van der Waals surface area (Å²) in [5, 5.41) is 16.0. The first-order valence-corrected chi connectivity index (χ1v) is 9.87. The molecule has 0 aliphatic heterocycles. The average Bonchev–Trinajstić information content (AvgIpc) is 2.81. The van der Waals surface area contributed by atoms with Crippen LogP contribution in [0.4, 0.5) is 17.2 Å². The van der Waals surface area contributed by atoms with E-state index < -0.39 is 4.92 Å². The van der Waals surface area contributed by atoms with Gasteiger partial charge in [-0.1, -0.05) is 18.2 Å². The Balaban J connectivity index is 1.45. The number of benzene rings is 3. The van der Waals surface area contributed by atoms with Crippen LogP contribution in [0.5, 0.6) is 11.5 Å². The fraction of sp³-hybridized carbons (Fsp3) is 0.0417. The molecule has 0 atom stereocenters. The maximum atomic E-state index is 11.2. The van der Waals surface area contributed by atoms with Gasteiger partial charge < -0.3 is 10.1 Å². The van der Waals surface area contributed by atoms with Crippen molar-refractivity contribution >= 4 is 39.0 Å². The number of non-ortho nitro benzene ring substituents is 1. The van der Waals surface area contributed by atoms with Gasteiger partial charge in [0.25, 0.3) is 5.69 Å². The Morgan fingerprint density at radius 1 is 0.938 bits per heavy atom. The second kappa shape index (κ2) is 7.92. The third kappa shape index (κ3) is 3.65. The van der Waals surface area contributed by atoms with Crippen molar-refractivity contribution in [3.63, 3.8) is 0 Å². The molecule has 5 rings (SSSR count). The summed E-state index contributed by atoms with van der Waals surface area (Å²) in [5.74, 6) is 1.88. The number of anilines is 2. The molecule has 8 nitrogen and oxygen atoms in total. The SMILES string of the molecule is Cc1cc(Nc2ncnc3ccc([N+](=O)[O-])cc23)ccc1Oc1cccc2cccnc12. The number of rotatable bonds is 5. The third-order valence-electron chi connectivity index (χ3n) is 5.08. The number of nitrogens with one attached hydrogen (secondary N) is 1. The van der Waals surface area contributed by atoms with Crippen molar-refractivity contribution < 1.29 is 9.66 Å². The van der Waals surface area contributed by atoms with Crippen molar-refractivity contribution in [2.24, 2.45) is 0 Å². The lowest BCUT2D eigenvalue weighted by Crippen LogP contribution is -1.98. The molecule has 8 heteroatoms. The van der Waals surface area contributed by atoms with E-state index in [9.17, 15) is 10.1 Å². The summed E-state index contributed by atoms with van der Waals surface area (Å²) in [6, 6.07) is 19.9. The van der Waals surface area contributed by atoms with Gasteiger partial charge in [0.05, 0.1) is 10.4 Å². The minimum atomic E-state index is -0.436. The normalized spacial score (nSPS) is 10.9. The number of nitro benzene ring substituents is 1. The molecule has 0 aliphatic carbocycles. The average molecular weight is 423 g/mol. The number of pyridine rings is 1. The van der Waals surface area contributed by atoms with E-state index >= 15 is 0 Å². The first-order chi connectivity index (χ1) is 15.6. The van der Waals surface area contributed by atoms with Crippen molar-refractivity contribution in [3.05, 3.63) is 94.9 Å². The van der Waals surface area contributed by atoms with Crippen LogP contribution in [-0.2, 0) is 0 Å². The summed E-state index contributed by atoms with van der Waals surface area (Å²) in [7, 11) is 0. The molecule has 0 saturated carbocycles. The zero-order valence-corrected chi connectivity index (χ0v) is 17.0. The highest BCUT2D eigenvalue weighted by molar-refractivity contribution is 5.92. The van der Waals surface area contributed by atoms with E-state index in [1.807, 2.05) is 55.5 Å². The maximum absolute atomic E-state index is 11.2. The van der Waals surface area contributed by atoms with Crippen molar-refractivity contribution in [2.75, 3.05) is 5.32 Å². The zero-order chi connectivity index (χ0) is 22.1. The standard InChI is InChI=1S/C24H17N5O3/c1-15-12-17(28-24-19-13-18(29(30)31)8-9-20(19)26-14-27-24)7-10-21(15)32-22-6-2-4-16-5-3-11-25-23(16)22/h2-14H,1H3,(H,26,27,28). The quantitative estimate of drug-likeness (QED) is 0.276. The fourth-order valence-electron chi connectivity index (χ4n) is 3.51. The minimum Gasteiger partial charge on any atom is -0.455 e. The van der Waals surface area contributed by atoms with Gasteiger partial charge >= 0.3 is 0 Å². The summed E-state index contributed by atoms with van der Waals surface area (Å²) >= 11 is 0. The van der Waals surface area contributed by atoms with Crippen LogP contribution in [-0.4, -0.2) is 19.9 Å². The van der Waals surface area contributed by atoms with Crippen LogP contribution in [0.15, 0.2) is 79.3 Å². The number of hydrogen-bond acceptors (Lipinski definition) is 7. The van der Waals surface area contributed by atoms with E-state index in [0.717, 1.165) is 22.2 Å². The number of hydrogen-bond donors (Lipinski definition) is 1. The Labute approximate surface area is 182 Å². The van der Waals surface area contributed by atoms with E-state index in [0.29, 0.717) is 28.2 Å². The second-order valence-electron chi connectivity index (χ2n) is 7.22. The number of aryl methyl sites for hydroxylation is 1. The predicted octanol–water partition coefficient (Wildman–Crippen LogP) is 5.93. The zero-order valence-electron chi connectivity index (χ0n) is 17.0. The molecule has 0 fully saturated rings. The van der Waals surface area contributed by atoms with Crippen LogP contribution in [0, 0.1) is 17.0 Å². The summed E-state index contributed by atoms with van der Waals surface area (Å²) in [6.07, 6.45) is 3.17. The molecule has 0 radical (unpaired) electrons. The number of para-hydroxylation sites is 1. The van der Waals surface area contributed by atoms with Crippen LogP contribution >= 0.6 is 0 Å². The van der Waals surface area contributed by atoms with Crippen molar-refractivity contribution in [3.8, 4) is 11.5 Å². The molecule has 2 heterocycles. The van der Waals surface area contributed by atoms with E-state index in [2.05, 4.69) is 20.3 Å². The van der Waals surface area contributed by atoms with Crippen molar-refractivity contribution in [2.45, 2.75) is 6.92 Å². The molecule has 0 amide bonds. The molecule has 5 aromatic rings. The molecule has 0 unspecified atom stereocenters. The second-order valence-corrected chi connectivity index (χ2v) is 7.22. The van der Waals surface area contributed by atoms with E-state index in [-0.39, 0.29) is 5.69 Å². The lowest BCUT2D eigenvalue weighted by atomic mass is 10.1. The predicted molar refractivity (Wildman–Crippen MR) is 122 cm³/mol. The highest BCUT2D eigenvalue weighted by Gasteiger charge is 2.12. The van der Waals surface area contributed by atoms with Crippen LogP contribution in [0.1, 0.15) is 5.56 Å². The van der Waals surface area contributed by atoms with Gasteiger partial charge in [-0.2, -0.15) is 0 Å². The van der Waals surface area contributed by atoms with Crippen molar-refractivity contribution in [1.82, 2.24) is 15.0 Å². The van der Waals surface area contributed by atoms with Crippen LogP contribution in [0.25, 0.3) is 21.8 Å². The van der Waals surface area contributed by atoms with Crippen molar-refractivity contribution in [1.29, 1.82) is 0 Å². The minimum absolute atomic E-state index is 0.0148. The highest BCUT2D eigenvalue weighted by Crippen LogP contribution is 2.33. The number of ether oxygens (including phenoxy) is 1. The molecule has 3 aromatic carbocycles. The molecule has 2 aromatic heterocycles. The maximum Gasteiger partial charge on any atom is 0.270 e. The first-order valence-electron chi connectivity index (χ1n) is 9.87. The highest BCUT2D eigenvalue weighted by atomic mass is 16.6. The van der Waals surface area contributed by atoms with Gasteiger partial charge in [-0.15, -0.1) is 0 Å². The lowest BCUT2D eigenvalue weighted by Gasteiger charge is -2.13. The molecule has 156 valence electrons. The van der Waals surface area contributed by atoms with Gasteiger partial charge in [0, 0.05) is 34.8 Å². The Morgan fingerprint density at radius 3 is 2.66 bits per heavy atom. The monoisotopic (exact) mass is 423 g/mol. The van der Waals surface area contributed by atoms with Crippen LogP contribution in [0.3, 0.4) is 0 Å². The Bertz CT molecular complexity index is 1480. The summed E-state index contributed by atoms with van der Waals surface area (Å²) in [6.45, 7) is 1.95. The van der Waals surface area contributed by atoms with Gasteiger partial charge in [0.1, 0.15) is 23.4 Å².